The summed E-state index contributed by atoms with van der Waals surface area (Å²) in [6, 6.07) is 8.65. The van der Waals surface area contributed by atoms with Crippen molar-refractivity contribution in [3.8, 4) is 0 Å². The third-order valence-electron chi connectivity index (χ3n) is 3.28. The topological polar surface area (TPSA) is 92.7 Å². The van der Waals surface area contributed by atoms with E-state index in [9.17, 15) is 9.59 Å². The minimum atomic E-state index is -0.360. The Balaban J connectivity index is 1.96. The van der Waals surface area contributed by atoms with Gasteiger partial charge in [-0.05, 0) is 32.0 Å². The molecule has 112 valence electrons. The molecule has 2 aromatic heterocycles. The highest BCUT2D eigenvalue weighted by molar-refractivity contribution is 6.02. The summed E-state index contributed by atoms with van der Waals surface area (Å²) in [6.45, 7) is 4.30. The summed E-state index contributed by atoms with van der Waals surface area (Å²) in [5.41, 5.74) is 1.42. The minimum absolute atomic E-state index is 0.121. The summed E-state index contributed by atoms with van der Waals surface area (Å²) in [6.07, 6.45) is 0. The van der Waals surface area contributed by atoms with Gasteiger partial charge in [-0.15, -0.1) is 0 Å². The quantitative estimate of drug-likeness (QED) is 0.769. The average molecular weight is 297 g/mol. The van der Waals surface area contributed by atoms with Crippen LogP contribution >= 0.6 is 0 Å². The van der Waals surface area contributed by atoms with Gasteiger partial charge in [0.05, 0.1) is 16.6 Å². The molecule has 0 radical (unpaired) electrons. The van der Waals surface area contributed by atoms with Crippen molar-refractivity contribution in [2.45, 2.75) is 20.4 Å². The zero-order chi connectivity index (χ0) is 15.7. The van der Waals surface area contributed by atoms with Gasteiger partial charge in [0.15, 0.2) is 0 Å². The Morgan fingerprint density at radius 1 is 1.36 bits per heavy atom. The fraction of sp³-hybridized carbons (Fsp3) is 0.200. The van der Waals surface area contributed by atoms with Crippen LogP contribution in [0, 0.1) is 6.92 Å². The maximum Gasteiger partial charge on any atom is 0.276 e. The van der Waals surface area contributed by atoms with E-state index in [2.05, 4.69) is 20.4 Å². The molecule has 1 aromatic carbocycles. The van der Waals surface area contributed by atoms with E-state index in [-0.39, 0.29) is 17.4 Å². The molecule has 1 amide bonds. The second kappa shape index (κ2) is 5.44. The Morgan fingerprint density at radius 2 is 2.14 bits per heavy atom. The van der Waals surface area contributed by atoms with E-state index in [1.54, 1.807) is 35.0 Å². The highest BCUT2D eigenvalue weighted by atomic mass is 16.2. The first-order chi connectivity index (χ1) is 10.6. The molecule has 0 aliphatic carbocycles. The van der Waals surface area contributed by atoms with Gasteiger partial charge in [0.1, 0.15) is 5.69 Å². The first-order valence-corrected chi connectivity index (χ1v) is 6.93. The Bertz CT molecular complexity index is 910. The number of benzene rings is 1. The van der Waals surface area contributed by atoms with Gasteiger partial charge in [-0.3, -0.25) is 24.6 Å². The molecule has 0 aliphatic rings. The Labute approximate surface area is 126 Å². The summed E-state index contributed by atoms with van der Waals surface area (Å²) in [4.78, 5) is 31.1. The maximum absolute atomic E-state index is 12.3. The second-order valence-electron chi connectivity index (χ2n) is 4.87. The molecule has 0 fully saturated rings. The van der Waals surface area contributed by atoms with Gasteiger partial charge >= 0.3 is 0 Å². The molecule has 0 unspecified atom stereocenters. The lowest BCUT2D eigenvalue weighted by molar-refractivity contribution is 0.101. The van der Waals surface area contributed by atoms with E-state index in [1.165, 1.54) is 0 Å². The molecule has 0 bridgehead atoms. The lowest BCUT2D eigenvalue weighted by Gasteiger charge is -2.06. The van der Waals surface area contributed by atoms with Crippen molar-refractivity contribution in [1.82, 2.24) is 19.7 Å². The standard InChI is InChI=1S/C15H15N5O2/c1-3-20-12(8-9(2)19-20)14(22)18-15-16-11-7-5-4-6-10(11)13(21)17-15/h4-8H,3H2,1-2H3,(H2,16,17,18,21,22). The number of nitrogens with zero attached hydrogens (tertiary/aromatic N) is 3. The average Bonchev–Trinajstić information content (AvgIpc) is 2.88. The van der Waals surface area contributed by atoms with Crippen LogP contribution < -0.4 is 10.9 Å². The second-order valence-corrected chi connectivity index (χ2v) is 4.87. The number of anilines is 1. The molecule has 7 nitrogen and oxygen atoms in total. The Kier molecular flexibility index (Phi) is 3.46. The van der Waals surface area contributed by atoms with Crippen molar-refractivity contribution in [3.05, 3.63) is 52.1 Å². The highest BCUT2D eigenvalue weighted by Crippen LogP contribution is 2.10. The number of aromatic amines is 1. The van der Waals surface area contributed by atoms with Gasteiger partial charge in [0, 0.05) is 6.54 Å². The van der Waals surface area contributed by atoms with Crippen molar-refractivity contribution in [2.75, 3.05) is 5.32 Å². The van der Waals surface area contributed by atoms with Gasteiger partial charge in [-0.25, -0.2) is 4.98 Å². The van der Waals surface area contributed by atoms with Crippen LogP contribution in [0.4, 0.5) is 5.95 Å². The molecule has 0 atom stereocenters. The summed E-state index contributed by atoms with van der Waals surface area (Å²) in [5, 5.41) is 7.32. The molecule has 0 spiro atoms. The van der Waals surface area contributed by atoms with E-state index in [0.29, 0.717) is 23.1 Å². The summed E-state index contributed by atoms with van der Waals surface area (Å²) in [7, 11) is 0. The van der Waals surface area contributed by atoms with E-state index in [0.717, 1.165) is 5.69 Å². The number of para-hydroxylation sites is 1. The smallest absolute Gasteiger partial charge is 0.276 e. The van der Waals surface area contributed by atoms with Gasteiger partial charge in [0.2, 0.25) is 5.95 Å². The molecular weight excluding hydrogens is 282 g/mol. The molecule has 2 heterocycles. The minimum Gasteiger partial charge on any atom is -0.292 e. The number of rotatable bonds is 3. The molecule has 22 heavy (non-hydrogen) atoms. The molecule has 3 aromatic rings. The van der Waals surface area contributed by atoms with Crippen LogP contribution in [-0.4, -0.2) is 25.7 Å². The number of amides is 1. The van der Waals surface area contributed by atoms with Crippen molar-refractivity contribution < 1.29 is 4.79 Å². The van der Waals surface area contributed by atoms with Crippen LogP contribution in [0.2, 0.25) is 0 Å². The number of nitrogens with one attached hydrogen (secondary N) is 2. The normalized spacial score (nSPS) is 10.8. The van der Waals surface area contributed by atoms with E-state index in [1.807, 2.05) is 13.8 Å². The van der Waals surface area contributed by atoms with Crippen LogP contribution in [0.25, 0.3) is 10.9 Å². The third kappa shape index (κ3) is 2.48. The van der Waals surface area contributed by atoms with Gasteiger partial charge < -0.3 is 0 Å². The molecule has 3 rings (SSSR count). The fourth-order valence-electron chi connectivity index (χ4n) is 2.29. The molecule has 0 aliphatic heterocycles. The maximum atomic E-state index is 12.3. The number of carbonyl (C=O) groups excluding carboxylic acids is 1. The summed E-state index contributed by atoms with van der Waals surface area (Å²) >= 11 is 0. The first-order valence-electron chi connectivity index (χ1n) is 6.93. The van der Waals surface area contributed by atoms with Crippen LogP contribution in [0.3, 0.4) is 0 Å². The SMILES string of the molecule is CCn1nc(C)cc1C(=O)Nc1nc2ccccc2c(=O)[nH]1. The molecule has 2 N–H and O–H groups in total. The Morgan fingerprint density at radius 3 is 2.91 bits per heavy atom. The number of aromatic nitrogens is 4. The third-order valence-corrected chi connectivity index (χ3v) is 3.28. The zero-order valence-electron chi connectivity index (χ0n) is 12.3. The van der Waals surface area contributed by atoms with Crippen LogP contribution in [0.1, 0.15) is 23.1 Å². The molecule has 7 heteroatoms. The monoisotopic (exact) mass is 297 g/mol. The van der Waals surface area contributed by atoms with Gasteiger partial charge in [-0.2, -0.15) is 5.10 Å². The number of hydrogen-bond acceptors (Lipinski definition) is 4. The predicted molar refractivity (Wildman–Crippen MR) is 83.0 cm³/mol. The molecular formula is C15H15N5O2. The first kappa shape index (κ1) is 14.0. The van der Waals surface area contributed by atoms with E-state index >= 15 is 0 Å². The fourth-order valence-corrected chi connectivity index (χ4v) is 2.29. The van der Waals surface area contributed by atoms with Gasteiger partial charge in [-0.1, -0.05) is 12.1 Å². The Hall–Kier alpha value is -2.96. The highest BCUT2D eigenvalue weighted by Gasteiger charge is 2.14. The summed E-state index contributed by atoms with van der Waals surface area (Å²) < 4.78 is 1.60. The lowest BCUT2D eigenvalue weighted by Crippen LogP contribution is -2.21. The van der Waals surface area contributed by atoms with E-state index < -0.39 is 0 Å². The number of hydrogen-bond donors (Lipinski definition) is 2. The largest absolute Gasteiger partial charge is 0.292 e. The summed E-state index contributed by atoms with van der Waals surface area (Å²) in [5.74, 6) is -0.240. The molecule has 0 saturated heterocycles. The van der Waals surface area contributed by atoms with Crippen LogP contribution in [0.5, 0.6) is 0 Å². The van der Waals surface area contributed by atoms with Gasteiger partial charge in [0.25, 0.3) is 11.5 Å². The number of fused-ring (bicyclic) bond motifs is 1. The number of H-pyrrole nitrogens is 1. The van der Waals surface area contributed by atoms with Crippen molar-refractivity contribution in [3.63, 3.8) is 0 Å². The van der Waals surface area contributed by atoms with Crippen LogP contribution in [-0.2, 0) is 6.54 Å². The number of carbonyl (C=O) groups is 1. The lowest BCUT2D eigenvalue weighted by atomic mass is 10.2. The predicted octanol–water partition coefficient (Wildman–Crippen LogP) is 1.70. The van der Waals surface area contributed by atoms with Crippen molar-refractivity contribution >= 4 is 22.8 Å². The van der Waals surface area contributed by atoms with Crippen molar-refractivity contribution in [2.24, 2.45) is 0 Å². The zero-order valence-corrected chi connectivity index (χ0v) is 12.3. The van der Waals surface area contributed by atoms with Crippen molar-refractivity contribution in [1.29, 1.82) is 0 Å². The number of aryl methyl sites for hydroxylation is 2. The molecule has 0 saturated carbocycles. The van der Waals surface area contributed by atoms with Crippen LogP contribution in [0.15, 0.2) is 35.1 Å². The van der Waals surface area contributed by atoms with E-state index in [4.69, 9.17) is 0 Å².